The van der Waals surface area contributed by atoms with Crippen LogP contribution >= 0.6 is 0 Å². The number of ether oxygens (including phenoxy) is 2. The Kier molecular flexibility index (Phi) is 4.47. The molecule has 2 aromatic carbocycles. The van der Waals surface area contributed by atoms with Gasteiger partial charge in [-0.25, -0.2) is 0 Å². The third-order valence-electron chi connectivity index (χ3n) is 4.52. The molecule has 126 valence electrons. The van der Waals surface area contributed by atoms with Crippen LogP contribution in [0, 0.1) is 5.41 Å². The molecule has 2 aromatic rings. The quantitative estimate of drug-likeness (QED) is 0.732. The lowest BCUT2D eigenvalue weighted by atomic mass is 9.91. The molecular weight excluding hydrogens is 302 g/mol. The fraction of sp³-hybridized carbons (Fsp3) is 0.350. The van der Waals surface area contributed by atoms with Crippen LogP contribution in [0.5, 0.6) is 11.5 Å². The van der Waals surface area contributed by atoms with Gasteiger partial charge in [-0.1, -0.05) is 31.2 Å². The van der Waals surface area contributed by atoms with E-state index in [0.29, 0.717) is 13.2 Å². The first-order chi connectivity index (χ1) is 11.5. The number of rotatable bonds is 5. The predicted molar refractivity (Wildman–Crippen MR) is 95.0 cm³/mol. The average Bonchev–Trinajstić information content (AvgIpc) is 2.60. The van der Waals surface area contributed by atoms with Gasteiger partial charge in [0.1, 0.15) is 6.61 Å². The summed E-state index contributed by atoms with van der Waals surface area (Å²) < 4.78 is 11.5. The maximum atomic E-state index is 12.2. The van der Waals surface area contributed by atoms with Crippen molar-refractivity contribution in [3.05, 3.63) is 48.5 Å². The molecule has 0 saturated heterocycles. The van der Waals surface area contributed by atoms with Crippen LogP contribution in [0.15, 0.2) is 48.5 Å². The van der Waals surface area contributed by atoms with Crippen LogP contribution in [0.2, 0.25) is 0 Å². The van der Waals surface area contributed by atoms with Crippen molar-refractivity contribution in [1.29, 1.82) is 0 Å². The van der Waals surface area contributed by atoms with Gasteiger partial charge in [0.2, 0.25) is 0 Å². The average molecular weight is 325 g/mol. The molecule has 0 radical (unpaired) electrons. The molecular formula is C20H23NO3. The van der Waals surface area contributed by atoms with Crippen LogP contribution < -0.4 is 9.64 Å². The molecule has 1 heterocycles. The van der Waals surface area contributed by atoms with Gasteiger partial charge in [0.15, 0.2) is 11.5 Å². The van der Waals surface area contributed by atoms with Crippen LogP contribution in [-0.4, -0.2) is 19.1 Å². The van der Waals surface area contributed by atoms with Gasteiger partial charge in [0.05, 0.1) is 23.3 Å². The maximum absolute atomic E-state index is 12.2. The summed E-state index contributed by atoms with van der Waals surface area (Å²) in [5, 5.41) is 0. The second-order valence-corrected chi connectivity index (χ2v) is 6.56. The summed E-state index contributed by atoms with van der Waals surface area (Å²) in [6.07, 6.45) is 0.759. The Morgan fingerprint density at radius 2 is 1.58 bits per heavy atom. The van der Waals surface area contributed by atoms with E-state index in [0.717, 1.165) is 29.3 Å². The van der Waals surface area contributed by atoms with E-state index >= 15 is 0 Å². The Bertz CT molecular complexity index is 694. The first-order valence-corrected chi connectivity index (χ1v) is 8.33. The molecule has 0 aliphatic carbocycles. The maximum Gasteiger partial charge on any atom is 0.311 e. The van der Waals surface area contributed by atoms with Crippen molar-refractivity contribution in [2.75, 3.05) is 18.1 Å². The summed E-state index contributed by atoms with van der Waals surface area (Å²) in [5.41, 5.74) is 1.53. The third-order valence-corrected chi connectivity index (χ3v) is 4.52. The lowest BCUT2D eigenvalue weighted by molar-refractivity contribution is -0.153. The van der Waals surface area contributed by atoms with Crippen molar-refractivity contribution in [1.82, 2.24) is 0 Å². The monoisotopic (exact) mass is 325 g/mol. The van der Waals surface area contributed by atoms with E-state index in [2.05, 4.69) is 4.90 Å². The number of fused-ring (bicyclic) bond motifs is 2. The molecule has 1 aliphatic rings. The van der Waals surface area contributed by atoms with E-state index in [9.17, 15) is 4.79 Å². The van der Waals surface area contributed by atoms with E-state index < -0.39 is 5.41 Å². The number of anilines is 2. The molecule has 0 atom stereocenters. The SMILES string of the molecule is CCC(C)(C)C(=O)OCCN1c2ccccc2Oc2ccccc21. The molecule has 24 heavy (non-hydrogen) atoms. The minimum absolute atomic E-state index is 0.153. The molecule has 0 spiro atoms. The van der Waals surface area contributed by atoms with Gasteiger partial charge in [0.25, 0.3) is 0 Å². The molecule has 4 heteroatoms. The normalized spacial score (nSPS) is 12.9. The largest absolute Gasteiger partial charge is 0.463 e. The highest BCUT2D eigenvalue weighted by molar-refractivity contribution is 5.78. The van der Waals surface area contributed by atoms with Crippen molar-refractivity contribution >= 4 is 17.3 Å². The highest BCUT2D eigenvalue weighted by atomic mass is 16.5. The molecule has 3 rings (SSSR count). The second-order valence-electron chi connectivity index (χ2n) is 6.56. The molecule has 4 nitrogen and oxygen atoms in total. The smallest absolute Gasteiger partial charge is 0.311 e. The van der Waals surface area contributed by atoms with Gasteiger partial charge in [-0.15, -0.1) is 0 Å². The number of carbonyl (C=O) groups excluding carboxylic acids is 1. The number of carbonyl (C=O) groups is 1. The zero-order valence-corrected chi connectivity index (χ0v) is 14.4. The van der Waals surface area contributed by atoms with Gasteiger partial charge < -0.3 is 14.4 Å². The Morgan fingerprint density at radius 3 is 2.12 bits per heavy atom. The zero-order valence-electron chi connectivity index (χ0n) is 14.4. The summed E-state index contributed by atoms with van der Waals surface area (Å²) in [4.78, 5) is 14.3. The number of hydrogen-bond acceptors (Lipinski definition) is 4. The summed E-state index contributed by atoms with van der Waals surface area (Å²) >= 11 is 0. The Morgan fingerprint density at radius 1 is 1.04 bits per heavy atom. The first-order valence-electron chi connectivity index (χ1n) is 8.33. The van der Waals surface area contributed by atoms with Crippen molar-refractivity contribution in [2.45, 2.75) is 27.2 Å². The van der Waals surface area contributed by atoms with Crippen molar-refractivity contribution in [3.63, 3.8) is 0 Å². The minimum atomic E-state index is -0.444. The van der Waals surface area contributed by atoms with Crippen molar-refractivity contribution < 1.29 is 14.3 Å². The standard InChI is InChI=1S/C20H23NO3/c1-4-20(2,3)19(22)23-14-13-21-15-9-5-7-11-17(15)24-18-12-8-6-10-16(18)21/h5-12H,4,13-14H2,1-3H3. The number of hydrogen-bond donors (Lipinski definition) is 0. The van der Waals surface area contributed by atoms with Gasteiger partial charge in [0, 0.05) is 0 Å². The topological polar surface area (TPSA) is 38.8 Å². The van der Waals surface area contributed by atoms with Gasteiger partial charge in [-0.3, -0.25) is 4.79 Å². The zero-order chi connectivity index (χ0) is 17.2. The van der Waals surface area contributed by atoms with E-state index in [1.54, 1.807) is 0 Å². The number of para-hydroxylation sites is 4. The fourth-order valence-corrected chi connectivity index (χ4v) is 2.59. The fourth-order valence-electron chi connectivity index (χ4n) is 2.59. The molecule has 0 amide bonds. The Labute approximate surface area is 143 Å². The van der Waals surface area contributed by atoms with Crippen LogP contribution in [-0.2, 0) is 9.53 Å². The summed E-state index contributed by atoms with van der Waals surface area (Å²) in [5.74, 6) is 1.48. The van der Waals surface area contributed by atoms with Crippen molar-refractivity contribution in [2.24, 2.45) is 5.41 Å². The van der Waals surface area contributed by atoms with Gasteiger partial charge in [-0.2, -0.15) is 0 Å². The summed E-state index contributed by atoms with van der Waals surface area (Å²) in [6, 6.07) is 15.8. The van der Waals surface area contributed by atoms with Crippen LogP contribution in [0.4, 0.5) is 11.4 Å². The van der Waals surface area contributed by atoms with Crippen LogP contribution in [0.1, 0.15) is 27.2 Å². The highest BCUT2D eigenvalue weighted by Crippen LogP contribution is 2.45. The molecule has 0 unspecified atom stereocenters. The first kappa shape index (κ1) is 16.4. The number of benzene rings is 2. The number of esters is 1. The molecule has 0 bridgehead atoms. The second kappa shape index (κ2) is 6.56. The van der Waals surface area contributed by atoms with Crippen molar-refractivity contribution in [3.8, 4) is 11.5 Å². The minimum Gasteiger partial charge on any atom is -0.463 e. The van der Waals surface area contributed by atoms with E-state index in [1.165, 1.54) is 0 Å². The van der Waals surface area contributed by atoms with Gasteiger partial charge >= 0.3 is 5.97 Å². The molecule has 1 aliphatic heterocycles. The van der Waals surface area contributed by atoms with Gasteiger partial charge in [-0.05, 0) is 44.5 Å². The summed E-state index contributed by atoms with van der Waals surface area (Å²) in [7, 11) is 0. The summed E-state index contributed by atoms with van der Waals surface area (Å²) in [6.45, 7) is 6.74. The molecule has 0 N–H and O–H groups in total. The van der Waals surface area contributed by atoms with Crippen LogP contribution in [0.25, 0.3) is 0 Å². The lowest BCUT2D eigenvalue weighted by Gasteiger charge is -2.32. The highest BCUT2D eigenvalue weighted by Gasteiger charge is 2.28. The van der Waals surface area contributed by atoms with E-state index in [1.807, 2.05) is 69.3 Å². The van der Waals surface area contributed by atoms with Crippen LogP contribution in [0.3, 0.4) is 0 Å². The lowest BCUT2D eigenvalue weighted by Crippen LogP contribution is -2.30. The van der Waals surface area contributed by atoms with E-state index in [-0.39, 0.29) is 5.97 Å². The predicted octanol–water partition coefficient (Wildman–Crippen LogP) is 4.91. The Hall–Kier alpha value is -2.49. The third kappa shape index (κ3) is 3.09. The number of nitrogens with zero attached hydrogens (tertiary/aromatic N) is 1. The Balaban J connectivity index is 1.77. The molecule has 0 saturated carbocycles. The molecule has 0 aromatic heterocycles. The molecule has 0 fully saturated rings. The van der Waals surface area contributed by atoms with E-state index in [4.69, 9.17) is 9.47 Å².